The maximum atomic E-state index is 11.7. The molecule has 0 amide bonds. The number of quaternary nitrogens is 1. The predicted molar refractivity (Wildman–Crippen MR) is 73.0 cm³/mol. The second kappa shape index (κ2) is 5.72. The van der Waals surface area contributed by atoms with Gasteiger partial charge in [0.1, 0.15) is 6.04 Å². The maximum Gasteiger partial charge on any atom is 0.211 e. The van der Waals surface area contributed by atoms with Gasteiger partial charge in [0.2, 0.25) is 10.0 Å². The van der Waals surface area contributed by atoms with Crippen LogP contribution in [0.25, 0.3) is 0 Å². The van der Waals surface area contributed by atoms with E-state index in [1.165, 1.54) is 13.0 Å². The zero-order chi connectivity index (χ0) is 13.2. The van der Waals surface area contributed by atoms with Crippen LogP contribution in [0.5, 0.6) is 0 Å². The number of hydrogen-bond acceptors (Lipinski definition) is 2. The molecular weight excluding hydrogens is 248 g/mol. The molecule has 3 aliphatic heterocycles. The highest BCUT2D eigenvalue weighted by Crippen LogP contribution is 2.27. The molecule has 3 rings (SSSR count). The molecule has 3 aliphatic rings. The number of piperidine rings is 3. The van der Waals surface area contributed by atoms with Crippen LogP contribution in [-0.2, 0) is 10.0 Å². The molecule has 104 valence electrons. The molecule has 0 aromatic heterocycles. The van der Waals surface area contributed by atoms with E-state index in [1.54, 1.807) is 4.90 Å². The number of rotatable bonds is 6. The summed E-state index contributed by atoms with van der Waals surface area (Å²) in [5.41, 5.74) is 0. The predicted octanol–water partition coefficient (Wildman–Crippen LogP) is -0.205. The molecule has 3 saturated heterocycles. The molecule has 0 aliphatic carbocycles. The molecule has 5 heteroatoms. The molecule has 0 aromatic carbocycles. The van der Waals surface area contributed by atoms with Crippen LogP contribution in [0.4, 0.5) is 0 Å². The lowest BCUT2D eigenvalue weighted by Gasteiger charge is -2.46. The molecule has 2 N–H and O–H groups in total. The van der Waals surface area contributed by atoms with Gasteiger partial charge in [-0.1, -0.05) is 13.0 Å². The fraction of sp³-hybridized carbons (Fsp3) is 0.846. The van der Waals surface area contributed by atoms with Crippen molar-refractivity contribution in [1.29, 1.82) is 0 Å². The van der Waals surface area contributed by atoms with E-state index in [4.69, 9.17) is 0 Å². The number of nitrogens with one attached hydrogen (secondary N) is 2. The first-order valence-electron chi connectivity index (χ1n) is 7.00. The second-order valence-electron chi connectivity index (χ2n) is 5.66. The number of sulfonamides is 1. The van der Waals surface area contributed by atoms with E-state index in [2.05, 4.69) is 17.4 Å². The monoisotopic (exact) mass is 273 g/mol. The molecule has 18 heavy (non-hydrogen) atoms. The minimum atomic E-state index is -3.05. The molecule has 1 unspecified atom stereocenters. The van der Waals surface area contributed by atoms with Gasteiger partial charge in [-0.25, -0.2) is 13.1 Å². The van der Waals surface area contributed by atoms with Crippen molar-refractivity contribution >= 4 is 10.0 Å². The van der Waals surface area contributed by atoms with Crippen molar-refractivity contribution < 1.29 is 13.3 Å². The summed E-state index contributed by atoms with van der Waals surface area (Å²) in [6, 6.07) is 0.464. The van der Waals surface area contributed by atoms with Gasteiger partial charge in [0.05, 0.1) is 25.4 Å². The van der Waals surface area contributed by atoms with Crippen LogP contribution in [0.15, 0.2) is 12.7 Å². The smallest absolute Gasteiger partial charge is 0.211 e. The van der Waals surface area contributed by atoms with Crippen molar-refractivity contribution in [2.45, 2.75) is 32.2 Å². The Bertz CT molecular complexity index is 394. The molecule has 4 nitrogen and oxygen atoms in total. The summed E-state index contributed by atoms with van der Waals surface area (Å²) >= 11 is 0. The first-order valence-corrected chi connectivity index (χ1v) is 8.65. The van der Waals surface area contributed by atoms with Gasteiger partial charge in [0.25, 0.3) is 0 Å². The number of hydrogen-bond donors (Lipinski definition) is 2. The second-order valence-corrected chi connectivity index (χ2v) is 7.59. The fourth-order valence-electron chi connectivity index (χ4n) is 3.42. The first kappa shape index (κ1) is 14.0. The van der Waals surface area contributed by atoms with Crippen LogP contribution in [-0.4, -0.2) is 39.8 Å². The molecule has 4 atom stereocenters. The Morgan fingerprint density at radius 2 is 2.28 bits per heavy atom. The van der Waals surface area contributed by atoms with Crippen molar-refractivity contribution in [3.8, 4) is 0 Å². The minimum Gasteiger partial charge on any atom is -0.331 e. The molecule has 0 aromatic rings. The average molecular weight is 273 g/mol. The lowest BCUT2D eigenvalue weighted by Crippen LogP contribution is -3.20. The van der Waals surface area contributed by atoms with Crippen LogP contribution >= 0.6 is 0 Å². The van der Waals surface area contributed by atoms with E-state index in [-0.39, 0.29) is 5.75 Å². The van der Waals surface area contributed by atoms with E-state index in [1.807, 2.05) is 6.92 Å². The van der Waals surface area contributed by atoms with Crippen LogP contribution in [0.2, 0.25) is 0 Å². The lowest BCUT2D eigenvalue weighted by molar-refractivity contribution is -0.944. The van der Waals surface area contributed by atoms with Crippen molar-refractivity contribution in [1.82, 2.24) is 4.72 Å². The highest BCUT2D eigenvalue weighted by Gasteiger charge is 2.42. The Hall–Kier alpha value is -0.390. The van der Waals surface area contributed by atoms with Crippen LogP contribution in [0.1, 0.15) is 26.2 Å². The summed E-state index contributed by atoms with van der Waals surface area (Å²) in [5.74, 6) is 1.60. The van der Waals surface area contributed by atoms with Crippen molar-refractivity contribution in [2.75, 3.05) is 25.4 Å². The van der Waals surface area contributed by atoms with Crippen molar-refractivity contribution in [2.24, 2.45) is 11.8 Å². The van der Waals surface area contributed by atoms with E-state index >= 15 is 0 Å². The highest BCUT2D eigenvalue weighted by molar-refractivity contribution is 7.89. The zero-order valence-electron chi connectivity index (χ0n) is 11.2. The Balaban J connectivity index is 1.87. The third-order valence-corrected chi connectivity index (χ3v) is 5.98. The molecule has 0 saturated carbocycles. The largest absolute Gasteiger partial charge is 0.331 e. The van der Waals surface area contributed by atoms with Gasteiger partial charge < -0.3 is 4.90 Å². The molecule has 0 radical (unpaired) electrons. The van der Waals surface area contributed by atoms with Crippen molar-refractivity contribution in [3.05, 3.63) is 12.7 Å². The average Bonchev–Trinajstić information content (AvgIpc) is 2.37. The Morgan fingerprint density at radius 1 is 1.50 bits per heavy atom. The Kier molecular flexibility index (Phi) is 4.45. The topological polar surface area (TPSA) is 50.6 Å². The summed E-state index contributed by atoms with van der Waals surface area (Å²) in [6.45, 7) is 8.74. The quantitative estimate of drug-likeness (QED) is 0.658. The summed E-state index contributed by atoms with van der Waals surface area (Å²) in [4.78, 5) is 1.56. The van der Waals surface area contributed by atoms with E-state index in [9.17, 15) is 8.42 Å². The van der Waals surface area contributed by atoms with Gasteiger partial charge in [-0.3, -0.25) is 0 Å². The molecule has 3 heterocycles. The molecule has 3 fully saturated rings. The molecular formula is C13H25N2O2S+. The summed E-state index contributed by atoms with van der Waals surface area (Å²) in [5, 5.41) is 0. The first-order chi connectivity index (χ1) is 8.55. The van der Waals surface area contributed by atoms with Crippen LogP contribution in [0, 0.1) is 11.8 Å². The van der Waals surface area contributed by atoms with Gasteiger partial charge in [0, 0.05) is 18.8 Å². The van der Waals surface area contributed by atoms with Crippen molar-refractivity contribution in [3.63, 3.8) is 0 Å². The van der Waals surface area contributed by atoms with E-state index in [0.29, 0.717) is 24.9 Å². The third kappa shape index (κ3) is 3.13. The summed E-state index contributed by atoms with van der Waals surface area (Å²) < 4.78 is 26.1. The van der Waals surface area contributed by atoms with E-state index in [0.717, 1.165) is 18.9 Å². The lowest BCUT2D eigenvalue weighted by atomic mass is 9.76. The summed E-state index contributed by atoms with van der Waals surface area (Å²) in [7, 11) is -3.05. The molecule has 0 spiro atoms. The van der Waals surface area contributed by atoms with Crippen LogP contribution in [0.3, 0.4) is 0 Å². The summed E-state index contributed by atoms with van der Waals surface area (Å²) in [6.07, 6.45) is 5.17. The van der Waals surface area contributed by atoms with Gasteiger partial charge in [-0.15, -0.1) is 6.58 Å². The van der Waals surface area contributed by atoms with Gasteiger partial charge >= 0.3 is 0 Å². The van der Waals surface area contributed by atoms with Crippen LogP contribution < -0.4 is 9.62 Å². The zero-order valence-corrected chi connectivity index (χ0v) is 12.0. The maximum absolute atomic E-state index is 11.7. The minimum absolute atomic E-state index is 0.244. The fourth-order valence-corrected chi connectivity index (χ4v) is 4.56. The van der Waals surface area contributed by atoms with E-state index < -0.39 is 10.0 Å². The SMILES string of the molecule is C=C[C@H]1C[NH+]2CC[C@@H]1C[C@@H]2CNS(=O)(=O)CCC. The van der Waals surface area contributed by atoms with Gasteiger partial charge in [0.15, 0.2) is 0 Å². The standard InChI is InChI=1S/C13H24N2O2S/c1-3-7-18(16,17)14-9-13-8-12-5-6-15(13)10-11(12)4-2/h4,11-14H,2-3,5-10H2,1H3/p+1/t11-,12+,13+/m0/s1. The molecule has 2 bridgehead atoms. The van der Waals surface area contributed by atoms with Gasteiger partial charge in [-0.2, -0.15) is 0 Å². The number of fused-ring (bicyclic) bond motifs is 3. The van der Waals surface area contributed by atoms with Gasteiger partial charge in [-0.05, 0) is 12.3 Å². The highest BCUT2D eigenvalue weighted by atomic mass is 32.2. The third-order valence-electron chi connectivity index (χ3n) is 4.43. The Morgan fingerprint density at radius 3 is 2.83 bits per heavy atom. The Labute approximate surface area is 110 Å². The normalized spacial score (nSPS) is 35.6.